The van der Waals surface area contributed by atoms with Crippen LogP contribution in [-0.4, -0.2) is 24.6 Å². The summed E-state index contributed by atoms with van der Waals surface area (Å²) in [6, 6.07) is 31.6. The molecule has 7 heteroatoms. The summed E-state index contributed by atoms with van der Waals surface area (Å²) in [7, 11) is 0. The molecule has 5 rings (SSSR count). The molecule has 0 radical (unpaired) electrons. The Kier molecular flexibility index (Phi) is 7.75. The van der Waals surface area contributed by atoms with Gasteiger partial charge in [-0.1, -0.05) is 60.7 Å². The summed E-state index contributed by atoms with van der Waals surface area (Å²) in [6.45, 7) is 0.265. The van der Waals surface area contributed by atoms with Crippen LogP contribution in [0.1, 0.15) is 33.0 Å². The van der Waals surface area contributed by atoms with Gasteiger partial charge in [-0.3, -0.25) is 9.69 Å². The van der Waals surface area contributed by atoms with Gasteiger partial charge in [0.15, 0.2) is 0 Å². The topological polar surface area (TPSA) is 72.6 Å². The zero-order valence-electron chi connectivity index (χ0n) is 20.6. The van der Waals surface area contributed by atoms with E-state index in [-0.39, 0.29) is 12.1 Å². The Hall–Kier alpha value is -4.10. The second-order valence-corrected chi connectivity index (χ2v) is 10.2. The molecule has 1 saturated heterocycles. The number of thioether (sulfide) groups is 1. The monoisotopic (exact) mass is 526 g/mol. The number of rotatable bonds is 9. The summed E-state index contributed by atoms with van der Waals surface area (Å²) in [5.74, 6) is -0.744. The van der Waals surface area contributed by atoms with Crippen molar-refractivity contribution >= 4 is 29.4 Å². The van der Waals surface area contributed by atoms with E-state index in [9.17, 15) is 14.0 Å². The number of carbonyl (C=O) groups is 2. The van der Waals surface area contributed by atoms with Crippen molar-refractivity contribution in [2.24, 2.45) is 5.73 Å². The van der Waals surface area contributed by atoms with Crippen LogP contribution in [0.3, 0.4) is 0 Å². The summed E-state index contributed by atoms with van der Waals surface area (Å²) in [6.07, 6.45) is -0.629. The highest BCUT2D eigenvalue weighted by atomic mass is 32.2. The first-order chi connectivity index (χ1) is 18.5. The second-order valence-electron chi connectivity index (χ2n) is 9.19. The first-order valence-electron chi connectivity index (χ1n) is 12.4. The third-order valence-electron chi connectivity index (χ3n) is 6.66. The van der Waals surface area contributed by atoms with Crippen molar-refractivity contribution in [3.8, 4) is 0 Å². The SMILES string of the molecule is NC(=O)c1ccc(F)cc1[C@H](Cc1ccccc1)[C@H]1CN(c2ccc(SCc3ccccc3)cc2)C(=O)O1. The third kappa shape index (κ3) is 5.89. The standard InChI is InChI=1S/C31H27FN2O3S/c32-23-11-16-26(30(33)35)27(18-23)28(17-21-7-3-1-4-8-21)29-19-34(31(36)37-29)24-12-14-25(15-13-24)38-20-22-9-5-2-6-10-22/h1-16,18,28-29H,17,19-20H2,(H2,33,35)/t28-,29+/m0/s1. The summed E-state index contributed by atoms with van der Waals surface area (Å²) >= 11 is 1.72. The molecule has 0 saturated carbocycles. The van der Waals surface area contributed by atoms with E-state index in [0.29, 0.717) is 12.0 Å². The molecule has 0 spiro atoms. The number of primary amides is 1. The van der Waals surface area contributed by atoms with Gasteiger partial charge in [-0.2, -0.15) is 0 Å². The number of benzene rings is 4. The van der Waals surface area contributed by atoms with Crippen LogP contribution in [0, 0.1) is 5.82 Å². The van der Waals surface area contributed by atoms with Crippen molar-refractivity contribution in [1.82, 2.24) is 0 Å². The molecular weight excluding hydrogens is 499 g/mol. The minimum atomic E-state index is -0.650. The van der Waals surface area contributed by atoms with Crippen LogP contribution in [0.25, 0.3) is 0 Å². The molecule has 0 aromatic heterocycles. The van der Waals surface area contributed by atoms with Crippen molar-refractivity contribution in [3.05, 3.63) is 131 Å². The van der Waals surface area contributed by atoms with E-state index in [1.165, 1.54) is 23.8 Å². The minimum absolute atomic E-state index is 0.224. The van der Waals surface area contributed by atoms with Crippen LogP contribution in [0.4, 0.5) is 14.9 Å². The van der Waals surface area contributed by atoms with Gasteiger partial charge in [0.05, 0.1) is 6.54 Å². The van der Waals surface area contributed by atoms with Crippen molar-refractivity contribution in [3.63, 3.8) is 0 Å². The first kappa shape index (κ1) is 25.5. The first-order valence-corrected chi connectivity index (χ1v) is 13.3. The molecular formula is C31H27FN2O3S. The average molecular weight is 527 g/mol. The maximum absolute atomic E-state index is 14.4. The Morgan fingerprint density at radius 3 is 2.26 bits per heavy atom. The second kappa shape index (κ2) is 11.5. The maximum Gasteiger partial charge on any atom is 0.414 e. The normalized spacial score (nSPS) is 15.8. The fraction of sp³-hybridized carbons (Fsp3) is 0.161. The van der Waals surface area contributed by atoms with Gasteiger partial charge in [0, 0.05) is 27.8 Å². The zero-order chi connectivity index (χ0) is 26.5. The largest absolute Gasteiger partial charge is 0.443 e. The Labute approximate surface area is 225 Å². The van der Waals surface area contributed by atoms with Gasteiger partial charge >= 0.3 is 6.09 Å². The highest BCUT2D eigenvalue weighted by Crippen LogP contribution is 2.35. The molecule has 192 valence electrons. The van der Waals surface area contributed by atoms with Gasteiger partial charge in [-0.15, -0.1) is 11.8 Å². The van der Waals surface area contributed by atoms with Crippen molar-refractivity contribution in [2.75, 3.05) is 11.4 Å². The molecule has 5 nitrogen and oxygen atoms in total. The molecule has 4 aromatic rings. The number of hydrogen-bond acceptors (Lipinski definition) is 4. The predicted octanol–water partition coefficient (Wildman–Crippen LogP) is 6.57. The van der Waals surface area contributed by atoms with E-state index >= 15 is 0 Å². The summed E-state index contributed by atoms with van der Waals surface area (Å²) in [5.41, 5.74) is 9.23. The fourth-order valence-corrected chi connectivity index (χ4v) is 5.60. The Balaban J connectivity index is 1.37. The molecule has 2 atom stereocenters. The fourth-order valence-electron chi connectivity index (χ4n) is 4.74. The molecule has 0 aliphatic carbocycles. The van der Waals surface area contributed by atoms with Crippen LogP contribution < -0.4 is 10.6 Å². The summed E-state index contributed by atoms with van der Waals surface area (Å²) in [5, 5.41) is 0. The Morgan fingerprint density at radius 1 is 0.947 bits per heavy atom. The van der Waals surface area contributed by atoms with E-state index in [2.05, 4.69) is 12.1 Å². The molecule has 0 bridgehead atoms. The number of cyclic esters (lactones) is 1. The van der Waals surface area contributed by atoms with Crippen LogP contribution >= 0.6 is 11.8 Å². The number of anilines is 1. The van der Waals surface area contributed by atoms with Crippen LogP contribution in [-0.2, 0) is 16.9 Å². The number of nitrogens with two attached hydrogens (primary N) is 1. The molecule has 1 aliphatic heterocycles. The van der Waals surface area contributed by atoms with E-state index in [1.54, 1.807) is 16.7 Å². The van der Waals surface area contributed by atoms with E-state index in [4.69, 9.17) is 10.5 Å². The highest BCUT2D eigenvalue weighted by Gasteiger charge is 2.39. The molecule has 1 heterocycles. The predicted molar refractivity (Wildman–Crippen MR) is 148 cm³/mol. The lowest BCUT2D eigenvalue weighted by Gasteiger charge is -2.24. The number of halogens is 1. The average Bonchev–Trinajstić information content (AvgIpc) is 3.33. The van der Waals surface area contributed by atoms with Crippen molar-refractivity contribution < 1.29 is 18.7 Å². The zero-order valence-corrected chi connectivity index (χ0v) is 21.4. The van der Waals surface area contributed by atoms with Gasteiger partial charge in [0.25, 0.3) is 0 Å². The number of carbonyl (C=O) groups excluding carboxylic acids is 2. The van der Waals surface area contributed by atoms with Crippen LogP contribution in [0.5, 0.6) is 0 Å². The number of amides is 2. The van der Waals surface area contributed by atoms with Gasteiger partial charge in [-0.05, 0) is 65.6 Å². The van der Waals surface area contributed by atoms with E-state index < -0.39 is 29.8 Å². The number of hydrogen-bond donors (Lipinski definition) is 1. The smallest absolute Gasteiger partial charge is 0.414 e. The molecule has 4 aromatic carbocycles. The number of ether oxygens (including phenoxy) is 1. The van der Waals surface area contributed by atoms with Crippen LogP contribution in [0.2, 0.25) is 0 Å². The molecule has 2 N–H and O–H groups in total. The summed E-state index contributed by atoms with van der Waals surface area (Å²) in [4.78, 5) is 27.9. The van der Waals surface area contributed by atoms with E-state index in [1.807, 2.05) is 72.8 Å². The van der Waals surface area contributed by atoms with Gasteiger partial charge in [0.2, 0.25) is 5.91 Å². The molecule has 38 heavy (non-hydrogen) atoms. The number of nitrogens with zero attached hydrogens (tertiary/aromatic N) is 1. The van der Waals surface area contributed by atoms with Gasteiger partial charge in [-0.25, -0.2) is 9.18 Å². The lowest BCUT2D eigenvalue weighted by atomic mass is 9.84. The van der Waals surface area contributed by atoms with Gasteiger partial charge in [0.1, 0.15) is 11.9 Å². The lowest BCUT2D eigenvalue weighted by Crippen LogP contribution is -2.29. The Bertz CT molecular complexity index is 1410. The lowest BCUT2D eigenvalue weighted by molar-refractivity contribution is 0.0996. The van der Waals surface area contributed by atoms with Crippen LogP contribution in [0.15, 0.2) is 108 Å². The maximum atomic E-state index is 14.4. The molecule has 2 amide bonds. The van der Waals surface area contributed by atoms with Crippen molar-refractivity contribution in [1.29, 1.82) is 0 Å². The van der Waals surface area contributed by atoms with E-state index in [0.717, 1.165) is 21.9 Å². The third-order valence-corrected chi connectivity index (χ3v) is 7.74. The highest BCUT2D eigenvalue weighted by molar-refractivity contribution is 7.98. The summed E-state index contributed by atoms with van der Waals surface area (Å²) < 4.78 is 20.2. The minimum Gasteiger partial charge on any atom is -0.443 e. The van der Waals surface area contributed by atoms with Crippen molar-refractivity contribution in [2.45, 2.75) is 29.1 Å². The molecule has 0 unspecified atom stereocenters. The molecule has 1 fully saturated rings. The van der Waals surface area contributed by atoms with Gasteiger partial charge < -0.3 is 10.5 Å². The quantitative estimate of drug-likeness (QED) is 0.251. The molecule has 1 aliphatic rings. The Morgan fingerprint density at radius 2 is 1.61 bits per heavy atom.